The Morgan fingerprint density at radius 1 is 1.33 bits per heavy atom. The minimum Gasteiger partial charge on any atom is -0.465 e. The quantitative estimate of drug-likeness (QED) is 0.544. The zero-order chi connectivity index (χ0) is 14.4. The highest BCUT2D eigenvalue weighted by atomic mass is 32.2. The molecule has 0 radical (unpaired) electrons. The lowest BCUT2D eigenvalue weighted by molar-refractivity contribution is -0.144. The summed E-state index contributed by atoms with van der Waals surface area (Å²) in [6.07, 6.45) is -0.00862. The third kappa shape index (κ3) is 8.43. The van der Waals surface area contributed by atoms with Gasteiger partial charge in [-0.2, -0.15) is 8.42 Å². The van der Waals surface area contributed by atoms with Crippen molar-refractivity contribution in [3.8, 4) is 0 Å². The van der Waals surface area contributed by atoms with Crippen molar-refractivity contribution in [3.05, 3.63) is 0 Å². The molecule has 6 nitrogen and oxygen atoms in total. The molecule has 0 bridgehead atoms. The molecule has 0 aromatic heterocycles. The van der Waals surface area contributed by atoms with Crippen LogP contribution in [0.4, 0.5) is 0 Å². The second kappa shape index (κ2) is 7.06. The van der Waals surface area contributed by atoms with Gasteiger partial charge in [-0.05, 0) is 18.8 Å². The Morgan fingerprint density at radius 3 is 2.33 bits per heavy atom. The second-order valence-electron chi connectivity index (χ2n) is 5.23. The molecule has 0 aliphatic heterocycles. The minimum atomic E-state index is -3.65. The van der Waals surface area contributed by atoms with E-state index in [-0.39, 0.29) is 30.8 Å². The Morgan fingerprint density at radius 2 is 1.89 bits per heavy atom. The van der Waals surface area contributed by atoms with E-state index in [1.807, 2.05) is 20.8 Å². The third-order valence-electron chi connectivity index (χ3n) is 1.94. The van der Waals surface area contributed by atoms with Gasteiger partial charge in [0.25, 0.3) is 10.1 Å². The largest absolute Gasteiger partial charge is 0.465 e. The number of carbonyl (C=O) groups is 1. The van der Waals surface area contributed by atoms with Gasteiger partial charge in [-0.25, -0.2) is 0 Å². The van der Waals surface area contributed by atoms with Crippen molar-refractivity contribution in [1.82, 2.24) is 0 Å². The summed E-state index contributed by atoms with van der Waals surface area (Å²) < 4.78 is 32.6. The molecule has 0 aliphatic rings. The fourth-order valence-electron chi connectivity index (χ4n) is 0.964. The molecule has 0 aliphatic carbocycles. The molecule has 2 N–H and O–H groups in total. The van der Waals surface area contributed by atoms with Gasteiger partial charge < -0.3 is 10.5 Å². The van der Waals surface area contributed by atoms with Crippen LogP contribution < -0.4 is 5.73 Å². The summed E-state index contributed by atoms with van der Waals surface area (Å²) in [6.45, 7) is 7.59. The van der Waals surface area contributed by atoms with Crippen LogP contribution in [0.1, 0.15) is 34.1 Å². The van der Waals surface area contributed by atoms with Gasteiger partial charge in [0.05, 0.1) is 19.0 Å². The van der Waals surface area contributed by atoms with Crippen molar-refractivity contribution < 1.29 is 22.1 Å². The molecule has 0 aromatic carbocycles. The first-order valence-corrected chi connectivity index (χ1v) is 7.44. The summed E-state index contributed by atoms with van der Waals surface area (Å²) >= 11 is 0. The van der Waals surface area contributed by atoms with Gasteiger partial charge >= 0.3 is 5.97 Å². The Labute approximate surface area is 109 Å². The molecule has 0 heterocycles. The van der Waals surface area contributed by atoms with Crippen molar-refractivity contribution in [2.75, 3.05) is 19.0 Å². The highest BCUT2D eigenvalue weighted by molar-refractivity contribution is 7.86. The summed E-state index contributed by atoms with van der Waals surface area (Å²) in [4.78, 5) is 11.2. The fourth-order valence-corrected chi connectivity index (χ4v) is 2.16. The highest BCUT2D eigenvalue weighted by Crippen LogP contribution is 2.15. The SMILES string of the molecule is CCOC(=O)[C@@H](N)CCS(=O)(=O)OCC(C)(C)C. The first-order valence-electron chi connectivity index (χ1n) is 5.87. The number of nitrogens with two attached hydrogens (primary N) is 1. The first-order chi connectivity index (χ1) is 8.07. The van der Waals surface area contributed by atoms with Gasteiger partial charge in [0.1, 0.15) is 6.04 Å². The molecular formula is C11H23NO5S. The van der Waals surface area contributed by atoms with Crippen LogP contribution in [0.3, 0.4) is 0 Å². The monoisotopic (exact) mass is 281 g/mol. The van der Waals surface area contributed by atoms with Gasteiger partial charge in [-0.3, -0.25) is 8.98 Å². The lowest BCUT2D eigenvalue weighted by Gasteiger charge is -2.18. The zero-order valence-electron chi connectivity index (χ0n) is 11.4. The van der Waals surface area contributed by atoms with Crippen LogP contribution in [0.2, 0.25) is 0 Å². The molecule has 0 spiro atoms. The summed E-state index contributed by atoms with van der Waals surface area (Å²) in [7, 11) is -3.65. The van der Waals surface area contributed by atoms with Crippen molar-refractivity contribution in [2.45, 2.75) is 40.2 Å². The highest BCUT2D eigenvalue weighted by Gasteiger charge is 2.21. The molecule has 0 amide bonds. The maximum atomic E-state index is 11.5. The average molecular weight is 281 g/mol. The average Bonchev–Trinajstić information content (AvgIpc) is 2.23. The molecule has 108 valence electrons. The summed E-state index contributed by atoms with van der Waals surface area (Å²) in [5, 5.41) is 0. The van der Waals surface area contributed by atoms with E-state index in [0.29, 0.717) is 0 Å². The fraction of sp³-hybridized carbons (Fsp3) is 0.909. The van der Waals surface area contributed by atoms with Crippen molar-refractivity contribution in [3.63, 3.8) is 0 Å². The molecule has 0 saturated heterocycles. The van der Waals surface area contributed by atoms with E-state index < -0.39 is 22.1 Å². The Bertz CT molecular complexity index is 358. The summed E-state index contributed by atoms with van der Waals surface area (Å²) in [5.41, 5.74) is 5.26. The molecule has 7 heteroatoms. The standard InChI is InChI=1S/C11H23NO5S/c1-5-16-10(13)9(12)6-7-18(14,15)17-8-11(2,3)4/h9H,5-8,12H2,1-4H3/t9-/m0/s1. The van der Waals surface area contributed by atoms with Crippen LogP contribution in [-0.2, 0) is 23.8 Å². The molecule has 0 aromatic rings. The first kappa shape index (κ1) is 17.3. The minimum absolute atomic E-state index is 0.00862. The van der Waals surface area contributed by atoms with Gasteiger partial charge in [-0.15, -0.1) is 0 Å². The molecule has 18 heavy (non-hydrogen) atoms. The topological polar surface area (TPSA) is 95.7 Å². The number of hydrogen-bond acceptors (Lipinski definition) is 6. The predicted molar refractivity (Wildman–Crippen MR) is 68.4 cm³/mol. The van der Waals surface area contributed by atoms with E-state index >= 15 is 0 Å². The smallest absolute Gasteiger partial charge is 0.322 e. The molecule has 1 atom stereocenters. The van der Waals surface area contributed by atoms with Crippen LogP contribution in [-0.4, -0.2) is 39.4 Å². The molecule has 0 saturated carbocycles. The van der Waals surface area contributed by atoms with Crippen LogP contribution in [0, 0.1) is 5.41 Å². The van der Waals surface area contributed by atoms with E-state index in [1.54, 1.807) is 6.92 Å². The van der Waals surface area contributed by atoms with Gasteiger partial charge in [0, 0.05) is 0 Å². The summed E-state index contributed by atoms with van der Waals surface area (Å²) in [6, 6.07) is -0.932. The van der Waals surface area contributed by atoms with E-state index in [9.17, 15) is 13.2 Å². The lowest BCUT2D eigenvalue weighted by Crippen LogP contribution is -2.34. The maximum absolute atomic E-state index is 11.5. The normalized spacial score (nSPS) is 14.3. The van der Waals surface area contributed by atoms with Crippen molar-refractivity contribution in [1.29, 1.82) is 0 Å². The van der Waals surface area contributed by atoms with Crippen LogP contribution in [0.25, 0.3) is 0 Å². The van der Waals surface area contributed by atoms with Gasteiger partial charge in [-0.1, -0.05) is 20.8 Å². The molecule has 0 fully saturated rings. The number of ether oxygens (including phenoxy) is 1. The predicted octanol–water partition coefficient (Wildman–Crippen LogP) is 0.659. The van der Waals surface area contributed by atoms with Crippen molar-refractivity contribution >= 4 is 16.1 Å². The molecule has 0 rings (SSSR count). The number of hydrogen-bond donors (Lipinski definition) is 1. The van der Waals surface area contributed by atoms with Crippen molar-refractivity contribution in [2.24, 2.45) is 11.1 Å². The molecular weight excluding hydrogens is 258 g/mol. The zero-order valence-corrected chi connectivity index (χ0v) is 12.2. The molecule has 0 unspecified atom stereocenters. The van der Waals surface area contributed by atoms with Gasteiger partial charge in [0.2, 0.25) is 0 Å². The number of esters is 1. The Kier molecular flexibility index (Phi) is 6.80. The Hall–Kier alpha value is -0.660. The van der Waals surface area contributed by atoms with Gasteiger partial charge in [0.15, 0.2) is 0 Å². The lowest BCUT2D eigenvalue weighted by atomic mass is 9.99. The van der Waals surface area contributed by atoms with Crippen LogP contribution >= 0.6 is 0 Å². The van der Waals surface area contributed by atoms with E-state index in [4.69, 9.17) is 9.92 Å². The van der Waals surface area contributed by atoms with E-state index in [1.165, 1.54) is 0 Å². The third-order valence-corrected chi connectivity index (χ3v) is 3.15. The Balaban J connectivity index is 4.15. The van der Waals surface area contributed by atoms with E-state index in [0.717, 1.165) is 0 Å². The van der Waals surface area contributed by atoms with E-state index in [2.05, 4.69) is 4.74 Å². The van der Waals surface area contributed by atoms with Crippen LogP contribution in [0.15, 0.2) is 0 Å². The maximum Gasteiger partial charge on any atom is 0.322 e. The van der Waals surface area contributed by atoms with Crippen LogP contribution in [0.5, 0.6) is 0 Å². The summed E-state index contributed by atoms with van der Waals surface area (Å²) in [5.74, 6) is -0.883. The second-order valence-corrected chi connectivity index (χ2v) is 6.99. The number of carbonyl (C=O) groups excluding carboxylic acids is 1. The number of rotatable bonds is 7.